The molecule has 0 spiro atoms. The SMILES string of the molecule is C[C@@H]1[C@H](C)CCC[C@@H]1NC(=O)CSc1nnc(-c2ccccc2F)n1N. The molecule has 0 unspecified atom stereocenters. The summed E-state index contributed by atoms with van der Waals surface area (Å²) < 4.78 is 15.1. The molecule has 0 bridgehead atoms. The van der Waals surface area contributed by atoms with E-state index in [4.69, 9.17) is 5.84 Å². The van der Waals surface area contributed by atoms with Crippen LogP contribution in [-0.4, -0.2) is 32.6 Å². The van der Waals surface area contributed by atoms with Crippen LogP contribution in [0, 0.1) is 17.7 Å². The molecule has 140 valence electrons. The number of thioether (sulfide) groups is 1. The van der Waals surface area contributed by atoms with Gasteiger partial charge in [0.2, 0.25) is 11.1 Å². The summed E-state index contributed by atoms with van der Waals surface area (Å²) in [6, 6.07) is 6.46. The number of nitrogens with zero attached hydrogens (tertiary/aromatic N) is 3. The maximum absolute atomic E-state index is 13.9. The molecule has 0 radical (unpaired) electrons. The number of nitrogen functional groups attached to an aromatic ring is 1. The van der Waals surface area contributed by atoms with E-state index in [9.17, 15) is 9.18 Å². The van der Waals surface area contributed by atoms with Gasteiger partial charge in [0.15, 0.2) is 5.82 Å². The largest absolute Gasteiger partial charge is 0.352 e. The van der Waals surface area contributed by atoms with E-state index in [0.717, 1.165) is 12.8 Å². The molecule has 1 aromatic heterocycles. The van der Waals surface area contributed by atoms with Gasteiger partial charge in [-0.2, -0.15) is 0 Å². The molecule has 26 heavy (non-hydrogen) atoms. The number of aromatic nitrogens is 3. The topological polar surface area (TPSA) is 85.8 Å². The zero-order chi connectivity index (χ0) is 18.7. The lowest BCUT2D eigenvalue weighted by Crippen LogP contribution is -2.44. The number of halogens is 1. The van der Waals surface area contributed by atoms with Crippen LogP contribution in [0.15, 0.2) is 29.4 Å². The highest BCUT2D eigenvalue weighted by Gasteiger charge is 2.28. The average molecular weight is 377 g/mol. The van der Waals surface area contributed by atoms with E-state index in [-0.39, 0.29) is 29.1 Å². The first kappa shape index (κ1) is 18.7. The highest BCUT2D eigenvalue weighted by atomic mass is 32.2. The Labute approximate surface area is 156 Å². The van der Waals surface area contributed by atoms with E-state index in [1.807, 2.05) is 0 Å². The monoisotopic (exact) mass is 377 g/mol. The fraction of sp³-hybridized carbons (Fsp3) is 0.500. The molecule has 3 rings (SSSR count). The zero-order valence-corrected chi connectivity index (χ0v) is 15.8. The van der Waals surface area contributed by atoms with Crippen molar-refractivity contribution < 1.29 is 9.18 Å². The van der Waals surface area contributed by atoms with Crippen LogP contribution in [0.2, 0.25) is 0 Å². The maximum Gasteiger partial charge on any atom is 0.230 e. The summed E-state index contributed by atoms with van der Waals surface area (Å²) in [5, 5.41) is 11.4. The standard InChI is InChI=1S/C18H24FN5OS/c1-11-6-5-9-15(12(11)2)21-16(25)10-26-18-23-22-17(24(18)20)13-7-3-4-8-14(13)19/h3-4,7-8,11-12,15H,5-6,9-10,20H2,1-2H3,(H,21,25)/t11-,12-,15+/m1/s1. The van der Waals surface area contributed by atoms with Gasteiger partial charge in [0.1, 0.15) is 5.82 Å². The van der Waals surface area contributed by atoms with Crippen molar-refractivity contribution in [2.75, 3.05) is 11.6 Å². The molecule has 0 saturated heterocycles. The Morgan fingerprint density at radius 1 is 1.35 bits per heavy atom. The van der Waals surface area contributed by atoms with Crippen molar-refractivity contribution in [2.45, 2.75) is 44.3 Å². The van der Waals surface area contributed by atoms with Crippen molar-refractivity contribution in [1.29, 1.82) is 0 Å². The van der Waals surface area contributed by atoms with Gasteiger partial charge in [-0.25, -0.2) is 9.07 Å². The third-order valence-electron chi connectivity index (χ3n) is 5.16. The van der Waals surface area contributed by atoms with Gasteiger partial charge >= 0.3 is 0 Å². The first-order valence-corrected chi connectivity index (χ1v) is 9.83. The summed E-state index contributed by atoms with van der Waals surface area (Å²) in [7, 11) is 0. The van der Waals surface area contributed by atoms with Crippen LogP contribution < -0.4 is 11.2 Å². The fourth-order valence-corrected chi connectivity index (χ4v) is 4.03. The summed E-state index contributed by atoms with van der Waals surface area (Å²) in [4.78, 5) is 12.3. The summed E-state index contributed by atoms with van der Waals surface area (Å²) >= 11 is 1.20. The summed E-state index contributed by atoms with van der Waals surface area (Å²) in [5.74, 6) is 7.06. The number of carbonyl (C=O) groups is 1. The van der Waals surface area contributed by atoms with Gasteiger partial charge in [-0.15, -0.1) is 10.2 Å². The molecule has 1 aliphatic carbocycles. The van der Waals surface area contributed by atoms with E-state index in [2.05, 4.69) is 29.4 Å². The molecule has 6 nitrogen and oxygen atoms in total. The van der Waals surface area contributed by atoms with Crippen molar-refractivity contribution in [3.05, 3.63) is 30.1 Å². The van der Waals surface area contributed by atoms with Gasteiger partial charge in [-0.05, 0) is 30.4 Å². The molecule has 1 aliphatic rings. The highest BCUT2D eigenvalue weighted by Crippen LogP contribution is 2.29. The molecule has 3 N–H and O–H groups in total. The van der Waals surface area contributed by atoms with Gasteiger partial charge < -0.3 is 11.2 Å². The van der Waals surface area contributed by atoms with Crippen LogP contribution in [0.5, 0.6) is 0 Å². The first-order valence-electron chi connectivity index (χ1n) is 8.85. The molecule has 1 fully saturated rings. The Morgan fingerprint density at radius 2 is 2.12 bits per heavy atom. The third-order valence-corrected chi connectivity index (χ3v) is 6.11. The summed E-state index contributed by atoms with van der Waals surface area (Å²) in [6.45, 7) is 4.43. The molecular formula is C18H24FN5OS. The van der Waals surface area contributed by atoms with E-state index in [1.165, 1.54) is 28.9 Å². The lowest BCUT2D eigenvalue weighted by Gasteiger charge is -2.34. The Balaban J connectivity index is 1.60. The van der Waals surface area contributed by atoms with Crippen molar-refractivity contribution in [2.24, 2.45) is 11.8 Å². The Kier molecular flexibility index (Phi) is 5.80. The van der Waals surface area contributed by atoms with Crippen LogP contribution in [-0.2, 0) is 4.79 Å². The van der Waals surface area contributed by atoms with E-state index >= 15 is 0 Å². The number of hydrogen-bond donors (Lipinski definition) is 2. The molecule has 0 aliphatic heterocycles. The molecule has 1 aromatic carbocycles. The van der Waals surface area contributed by atoms with Gasteiger partial charge in [-0.1, -0.05) is 50.6 Å². The molecule has 1 amide bonds. The van der Waals surface area contributed by atoms with Crippen LogP contribution in [0.4, 0.5) is 4.39 Å². The molecular weight excluding hydrogens is 353 g/mol. The molecule has 2 aromatic rings. The van der Waals surface area contributed by atoms with Crippen molar-refractivity contribution in [3.63, 3.8) is 0 Å². The van der Waals surface area contributed by atoms with Crippen LogP contribution in [0.25, 0.3) is 11.4 Å². The number of benzene rings is 1. The number of carbonyl (C=O) groups excluding carboxylic acids is 1. The smallest absolute Gasteiger partial charge is 0.230 e. The second-order valence-electron chi connectivity index (χ2n) is 6.89. The van der Waals surface area contributed by atoms with Crippen molar-refractivity contribution >= 4 is 17.7 Å². The van der Waals surface area contributed by atoms with E-state index in [1.54, 1.807) is 18.2 Å². The molecule has 1 saturated carbocycles. The number of hydrogen-bond acceptors (Lipinski definition) is 5. The first-order chi connectivity index (χ1) is 12.5. The minimum Gasteiger partial charge on any atom is -0.352 e. The number of nitrogens with one attached hydrogen (secondary N) is 1. The predicted molar refractivity (Wildman–Crippen MR) is 100 cm³/mol. The number of nitrogens with two attached hydrogens (primary N) is 1. The lowest BCUT2D eigenvalue weighted by molar-refractivity contribution is -0.120. The highest BCUT2D eigenvalue weighted by molar-refractivity contribution is 7.99. The van der Waals surface area contributed by atoms with Crippen LogP contribution >= 0.6 is 11.8 Å². The lowest BCUT2D eigenvalue weighted by atomic mass is 9.78. The Bertz CT molecular complexity index is 781. The quantitative estimate of drug-likeness (QED) is 0.618. The van der Waals surface area contributed by atoms with Crippen LogP contribution in [0.3, 0.4) is 0 Å². The second kappa shape index (κ2) is 8.07. The second-order valence-corrected chi connectivity index (χ2v) is 7.83. The Hall–Kier alpha value is -2.09. The molecule has 8 heteroatoms. The van der Waals surface area contributed by atoms with Crippen molar-refractivity contribution in [1.82, 2.24) is 20.2 Å². The predicted octanol–water partition coefficient (Wildman–Crippen LogP) is 2.83. The van der Waals surface area contributed by atoms with Gasteiger partial charge in [0.25, 0.3) is 0 Å². The van der Waals surface area contributed by atoms with E-state index in [0.29, 0.717) is 17.0 Å². The molecule has 1 heterocycles. The average Bonchev–Trinajstić information content (AvgIpc) is 2.98. The van der Waals surface area contributed by atoms with Crippen molar-refractivity contribution in [3.8, 4) is 11.4 Å². The van der Waals surface area contributed by atoms with Gasteiger partial charge in [0, 0.05) is 6.04 Å². The normalized spacial score (nSPS) is 23.0. The fourth-order valence-electron chi connectivity index (χ4n) is 3.37. The van der Waals surface area contributed by atoms with Crippen LogP contribution in [0.1, 0.15) is 33.1 Å². The summed E-state index contributed by atoms with van der Waals surface area (Å²) in [5.41, 5.74) is 0.281. The molecule has 3 atom stereocenters. The number of amides is 1. The minimum atomic E-state index is -0.415. The van der Waals surface area contributed by atoms with Gasteiger partial charge in [0.05, 0.1) is 11.3 Å². The van der Waals surface area contributed by atoms with Gasteiger partial charge in [-0.3, -0.25) is 4.79 Å². The third kappa shape index (κ3) is 4.00. The Morgan fingerprint density at radius 3 is 2.88 bits per heavy atom. The van der Waals surface area contributed by atoms with E-state index < -0.39 is 5.82 Å². The maximum atomic E-state index is 13.9. The summed E-state index contributed by atoms with van der Waals surface area (Å²) in [6.07, 6.45) is 3.39. The minimum absolute atomic E-state index is 0.0450. The zero-order valence-electron chi connectivity index (χ0n) is 15.0. The number of rotatable bonds is 5.